The number of rotatable bonds is 2. The van der Waals surface area contributed by atoms with Gasteiger partial charge >= 0.3 is 0 Å². The molecule has 2 nitrogen and oxygen atoms in total. The van der Waals surface area contributed by atoms with Gasteiger partial charge in [-0.1, -0.05) is 6.92 Å². The molecule has 1 atom stereocenters. The normalized spacial score (nSPS) is 21.5. The van der Waals surface area contributed by atoms with Crippen molar-refractivity contribution in [1.29, 1.82) is 0 Å². The average Bonchev–Trinajstić information content (AvgIpc) is 2.46. The minimum Gasteiger partial charge on any atom is -0.314 e. The maximum atomic E-state index is 4.63. The van der Waals surface area contributed by atoms with Gasteiger partial charge in [0.15, 0.2) is 0 Å². The number of aryl methyl sites for hydroxylation is 1. The van der Waals surface area contributed by atoms with Gasteiger partial charge in [-0.25, -0.2) is 4.98 Å². The number of hydrogen-bond donors (Lipinski definition) is 1. The van der Waals surface area contributed by atoms with Crippen molar-refractivity contribution in [1.82, 2.24) is 10.3 Å². The summed E-state index contributed by atoms with van der Waals surface area (Å²) in [6, 6.07) is 0. The predicted octanol–water partition coefficient (Wildman–Crippen LogP) is 1.99. The summed E-state index contributed by atoms with van der Waals surface area (Å²) in [5.41, 5.74) is 1.37. The van der Waals surface area contributed by atoms with E-state index in [0.29, 0.717) is 0 Å². The highest BCUT2D eigenvalue weighted by Gasteiger charge is 2.19. The van der Waals surface area contributed by atoms with E-state index in [1.807, 2.05) is 18.4 Å². The van der Waals surface area contributed by atoms with Crippen molar-refractivity contribution in [3.05, 3.63) is 15.6 Å². The topological polar surface area (TPSA) is 24.9 Å². The van der Waals surface area contributed by atoms with Crippen LogP contribution in [0, 0.1) is 5.92 Å². The second-order valence-corrected chi connectivity index (χ2v) is 5.02. The fourth-order valence-corrected chi connectivity index (χ4v) is 3.11. The Hall–Kier alpha value is -0.410. The SMILES string of the molecule is CNCc1nc2c(s1)CC(C)CC2. The lowest BCUT2D eigenvalue weighted by Crippen LogP contribution is -2.09. The summed E-state index contributed by atoms with van der Waals surface area (Å²) < 4.78 is 0. The maximum Gasteiger partial charge on any atom is 0.107 e. The molecular weight excluding hydrogens is 180 g/mol. The molecule has 0 saturated heterocycles. The second-order valence-electron chi connectivity index (χ2n) is 3.86. The van der Waals surface area contributed by atoms with Gasteiger partial charge in [0.25, 0.3) is 0 Å². The van der Waals surface area contributed by atoms with E-state index in [1.165, 1.54) is 34.8 Å². The van der Waals surface area contributed by atoms with Crippen LogP contribution in [-0.2, 0) is 19.4 Å². The van der Waals surface area contributed by atoms with E-state index < -0.39 is 0 Å². The third-order valence-corrected chi connectivity index (χ3v) is 3.68. The van der Waals surface area contributed by atoms with Crippen molar-refractivity contribution >= 4 is 11.3 Å². The van der Waals surface area contributed by atoms with E-state index in [4.69, 9.17) is 0 Å². The van der Waals surface area contributed by atoms with Crippen molar-refractivity contribution in [2.45, 2.75) is 32.7 Å². The molecule has 0 fully saturated rings. The lowest BCUT2D eigenvalue weighted by molar-refractivity contribution is 0.501. The van der Waals surface area contributed by atoms with Crippen molar-refractivity contribution in [2.75, 3.05) is 7.05 Å². The van der Waals surface area contributed by atoms with E-state index in [2.05, 4.69) is 17.2 Å². The molecule has 1 N–H and O–H groups in total. The summed E-state index contributed by atoms with van der Waals surface area (Å²) in [6.45, 7) is 3.26. The van der Waals surface area contributed by atoms with Crippen LogP contribution in [0.25, 0.3) is 0 Å². The molecule has 0 amide bonds. The molecule has 1 aliphatic carbocycles. The zero-order valence-electron chi connectivity index (χ0n) is 8.26. The molecule has 1 aromatic rings. The second kappa shape index (κ2) is 3.76. The zero-order chi connectivity index (χ0) is 9.26. The van der Waals surface area contributed by atoms with Crippen LogP contribution < -0.4 is 5.32 Å². The first-order valence-electron chi connectivity index (χ1n) is 4.91. The third-order valence-electron chi connectivity index (χ3n) is 2.56. The number of nitrogens with zero attached hydrogens (tertiary/aromatic N) is 1. The van der Waals surface area contributed by atoms with Gasteiger partial charge < -0.3 is 5.32 Å². The average molecular weight is 196 g/mol. The molecular formula is C10H16N2S. The Kier molecular flexibility index (Phi) is 2.65. The van der Waals surface area contributed by atoms with Gasteiger partial charge in [-0.15, -0.1) is 11.3 Å². The Morgan fingerprint density at radius 2 is 2.46 bits per heavy atom. The highest BCUT2D eigenvalue weighted by molar-refractivity contribution is 7.11. The highest BCUT2D eigenvalue weighted by Crippen LogP contribution is 2.29. The van der Waals surface area contributed by atoms with E-state index in [9.17, 15) is 0 Å². The molecule has 0 aromatic carbocycles. The standard InChI is InChI=1S/C10H16N2S/c1-7-3-4-8-9(5-7)13-10(12-8)6-11-2/h7,11H,3-6H2,1-2H3. The van der Waals surface area contributed by atoms with Crippen LogP contribution >= 0.6 is 11.3 Å². The largest absolute Gasteiger partial charge is 0.314 e. The van der Waals surface area contributed by atoms with Gasteiger partial charge in [-0.3, -0.25) is 0 Å². The summed E-state index contributed by atoms with van der Waals surface area (Å²) >= 11 is 1.89. The molecule has 2 rings (SSSR count). The van der Waals surface area contributed by atoms with Gasteiger partial charge in [0.05, 0.1) is 5.69 Å². The van der Waals surface area contributed by atoms with Gasteiger partial charge in [-0.05, 0) is 32.2 Å². The summed E-state index contributed by atoms with van der Waals surface area (Å²) in [5, 5.41) is 4.40. The number of fused-ring (bicyclic) bond motifs is 1. The van der Waals surface area contributed by atoms with Crippen LogP contribution in [0.2, 0.25) is 0 Å². The number of thiazole rings is 1. The molecule has 1 aromatic heterocycles. The Morgan fingerprint density at radius 1 is 1.62 bits per heavy atom. The van der Waals surface area contributed by atoms with E-state index >= 15 is 0 Å². The predicted molar refractivity (Wildman–Crippen MR) is 56.1 cm³/mol. The third kappa shape index (κ3) is 1.92. The Balaban J connectivity index is 2.18. The summed E-state index contributed by atoms with van der Waals surface area (Å²) in [5.74, 6) is 0.857. The van der Waals surface area contributed by atoms with E-state index in [1.54, 1.807) is 0 Å². The highest BCUT2D eigenvalue weighted by atomic mass is 32.1. The lowest BCUT2D eigenvalue weighted by atomic mass is 9.93. The van der Waals surface area contributed by atoms with E-state index in [-0.39, 0.29) is 0 Å². The van der Waals surface area contributed by atoms with Crippen LogP contribution in [0.15, 0.2) is 0 Å². The number of hydrogen-bond acceptors (Lipinski definition) is 3. The van der Waals surface area contributed by atoms with Gasteiger partial charge in [0, 0.05) is 11.4 Å². The summed E-state index contributed by atoms with van der Waals surface area (Å²) in [7, 11) is 1.98. The first-order chi connectivity index (χ1) is 6.29. The van der Waals surface area contributed by atoms with Crippen LogP contribution in [0.3, 0.4) is 0 Å². The Labute approximate surface area is 83.4 Å². The monoisotopic (exact) mass is 196 g/mol. The van der Waals surface area contributed by atoms with E-state index in [0.717, 1.165) is 12.5 Å². The smallest absolute Gasteiger partial charge is 0.107 e. The molecule has 1 unspecified atom stereocenters. The quantitative estimate of drug-likeness (QED) is 0.782. The minimum absolute atomic E-state index is 0.857. The van der Waals surface area contributed by atoms with Crippen molar-refractivity contribution in [2.24, 2.45) is 5.92 Å². The zero-order valence-corrected chi connectivity index (χ0v) is 9.08. The fraction of sp³-hybridized carbons (Fsp3) is 0.700. The number of aromatic nitrogens is 1. The molecule has 0 spiro atoms. The van der Waals surface area contributed by atoms with Gasteiger partial charge in [0.2, 0.25) is 0 Å². The molecule has 1 aliphatic rings. The van der Waals surface area contributed by atoms with Crippen molar-refractivity contribution < 1.29 is 0 Å². The molecule has 0 aliphatic heterocycles. The van der Waals surface area contributed by atoms with Crippen LogP contribution in [0.4, 0.5) is 0 Å². The lowest BCUT2D eigenvalue weighted by Gasteiger charge is -2.15. The van der Waals surface area contributed by atoms with Gasteiger partial charge in [0.1, 0.15) is 5.01 Å². The first kappa shape index (κ1) is 9.16. The molecule has 0 saturated carbocycles. The van der Waals surface area contributed by atoms with Crippen LogP contribution in [-0.4, -0.2) is 12.0 Å². The maximum absolute atomic E-state index is 4.63. The molecule has 72 valence electrons. The van der Waals surface area contributed by atoms with Crippen molar-refractivity contribution in [3.8, 4) is 0 Å². The fourth-order valence-electron chi connectivity index (χ4n) is 1.82. The molecule has 0 bridgehead atoms. The minimum atomic E-state index is 0.857. The Morgan fingerprint density at radius 3 is 3.23 bits per heavy atom. The molecule has 0 radical (unpaired) electrons. The molecule has 1 heterocycles. The summed E-state index contributed by atoms with van der Waals surface area (Å²) in [4.78, 5) is 6.16. The Bertz CT molecular complexity index is 293. The first-order valence-corrected chi connectivity index (χ1v) is 5.73. The number of nitrogens with one attached hydrogen (secondary N) is 1. The molecule has 3 heteroatoms. The van der Waals surface area contributed by atoms with Crippen molar-refractivity contribution in [3.63, 3.8) is 0 Å². The molecule has 13 heavy (non-hydrogen) atoms. The summed E-state index contributed by atoms with van der Waals surface area (Å²) in [6.07, 6.45) is 3.75. The van der Waals surface area contributed by atoms with Crippen LogP contribution in [0.5, 0.6) is 0 Å². The van der Waals surface area contributed by atoms with Crippen LogP contribution in [0.1, 0.15) is 28.9 Å². The van der Waals surface area contributed by atoms with Gasteiger partial charge in [-0.2, -0.15) is 0 Å².